The van der Waals surface area contributed by atoms with E-state index in [1.54, 1.807) is 18.4 Å². The Morgan fingerprint density at radius 1 is 1.33 bits per heavy atom. The van der Waals surface area contributed by atoms with E-state index in [-0.39, 0.29) is 5.60 Å². The molecule has 0 aliphatic carbocycles. The standard InChI is InChI=1S/C16H29NO3S/c1-13-6-7-15(21-13)11-17(8-9-19-5)10-14(18)12-20-16(2,3)4/h6-7,14,18H,8-12H2,1-5H3/t14-/m1/s1. The fourth-order valence-electron chi connectivity index (χ4n) is 1.94. The van der Waals surface area contributed by atoms with Crippen LogP contribution < -0.4 is 0 Å². The van der Waals surface area contributed by atoms with Crippen LogP contribution in [-0.2, 0) is 16.0 Å². The zero-order valence-electron chi connectivity index (χ0n) is 13.9. The Kier molecular flexibility index (Phi) is 7.84. The van der Waals surface area contributed by atoms with E-state index in [2.05, 4.69) is 24.0 Å². The Morgan fingerprint density at radius 2 is 2.05 bits per heavy atom. The molecule has 0 radical (unpaired) electrons. The van der Waals surface area contributed by atoms with Crippen LogP contribution in [0.4, 0.5) is 0 Å². The van der Waals surface area contributed by atoms with Crippen LogP contribution in [0.2, 0.25) is 0 Å². The number of aliphatic hydroxyl groups excluding tert-OH is 1. The molecule has 1 N–H and O–H groups in total. The maximum absolute atomic E-state index is 10.2. The number of thiophene rings is 1. The first-order valence-electron chi connectivity index (χ1n) is 7.39. The van der Waals surface area contributed by atoms with Gasteiger partial charge in [-0.2, -0.15) is 0 Å². The maximum atomic E-state index is 10.2. The highest BCUT2D eigenvalue weighted by Crippen LogP contribution is 2.17. The van der Waals surface area contributed by atoms with Crippen LogP contribution in [-0.4, -0.2) is 55.1 Å². The van der Waals surface area contributed by atoms with Crippen LogP contribution >= 0.6 is 11.3 Å². The van der Waals surface area contributed by atoms with Gasteiger partial charge in [0, 0.05) is 36.5 Å². The highest BCUT2D eigenvalue weighted by molar-refractivity contribution is 7.11. The summed E-state index contributed by atoms with van der Waals surface area (Å²) in [6.45, 7) is 11.4. The van der Waals surface area contributed by atoms with Crippen LogP contribution in [0.25, 0.3) is 0 Å². The lowest BCUT2D eigenvalue weighted by molar-refractivity contribution is -0.0576. The lowest BCUT2D eigenvalue weighted by atomic mass is 10.2. The molecule has 1 heterocycles. The first-order valence-corrected chi connectivity index (χ1v) is 8.20. The van der Waals surface area contributed by atoms with Crippen LogP contribution in [0, 0.1) is 6.92 Å². The molecular formula is C16H29NO3S. The normalized spacial score (nSPS) is 13.9. The van der Waals surface area contributed by atoms with Crippen molar-refractivity contribution in [1.29, 1.82) is 0 Å². The smallest absolute Gasteiger partial charge is 0.0900 e. The average Bonchev–Trinajstić information content (AvgIpc) is 2.78. The number of aliphatic hydroxyl groups is 1. The molecule has 1 aromatic heterocycles. The second-order valence-corrected chi connectivity index (χ2v) is 7.69. The monoisotopic (exact) mass is 315 g/mol. The Bertz CT molecular complexity index is 400. The van der Waals surface area contributed by atoms with E-state index < -0.39 is 6.10 Å². The Balaban J connectivity index is 2.48. The van der Waals surface area contributed by atoms with E-state index in [0.717, 1.165) is 13.1 Å². The van der Waals surface area contributed by atoms with E-state index in [1.165, 1.54) is 9.75 Å². The minimum absolute atomic E-state index is 0.219. The molecular weight excluding hydrogens is 286 g/mol. The average molecular weight is 315 g/mol. The molecule has 122 valence electrons. The Hall–Kier alpha value is -0.460. The number of rotatable bonds is 9. The number of hydrogen-bond donors (Lipinski definition) is 1. The van der Waals surface area contributed by atoms with Crippen molar-refractivity contribution in [3.05, 3.63) is 21.9 Å². The summed E-state index contributed by atoms with van der Waals surface area (Å²) in [7, 11) is 1.70. The summed E-state index contributed by atoms with van der Waals surface area (Å²) < 4.78 is 10.8. The minimum Gasteiger partial charge on any atom is -0.389 e. The summed E-state index contributed by atoms with van der Waals surface area (Å²) in [5, 5.41) is 10.2. The van der Waals surface area contributed by atoms with E-state index in [9.17, 15) is 5.11 Å². The topological polar surface area (TPSA) is 41.9 Å². The van der Waals surface area contributed by atoms with Crippen LogP contribution in [0.15, 0.2) is 12.1 Å². The van der Waals surface area contributed by atoms with E-state index in [4.69, 9.17) is 9.47 Å². The number of methoxy groups -OCH3 is 1. The molecule has 1 rings (SSSR count). The summed E-state index contributed by atoms with van der Waals surface area (Å²) >= 11 is 1.80. The fraction of sp³-hybridized carbons (Fsp3) is 0.750. The molecule has 0 aliphatic rings. The minimum atomic E-state index is -0.484. The zero-order chi connectivity index (χ0) is 15.9. The number of nitrogens with zero attached hydrogens (tertiary/aromatic N) is 1. The third-order valence-corrected chi connectivity index (χ3v) is 3.95. The van der Waals surface area contributed by atoms with Gasteiger partial charge in [-0.3, -0.25) is 4.90 Å². The first-order chi connectivity index (χ1) is 9.80. The highest BCUT2D eigenvalue weighted by atomic mass is 32.1. The van der Waals surface area contributed by atoms with Crippen LogP contribution in [0.3, 0.4) is 0 Å². The lowest BCUT2D eigenvalue weighted by Crippen LogP contribution is -2.38. The van der Waals surface area contributed by atoms with Gasteiger partial charge in [0.2, 0.25) is 0 Å². The number of hydrogen-bond acceptors (Lipinski definition) is 5. The van der Waals surface area contributed by atoms with Gasteiger partial charge >= 0.3 is 0 Å². The van der Waals surface area contributed by atoms with E-state index in [1.807, 2.05) is 20.8 Å². The van der Waals surface area contributed by atoms with Crippen molar-refractivity contribution >= 4 is 11.3 Å². The quantitative estimate of drug-likeness (QED) is 0.761. The SMILES string of the molecule is COCCN(Cc1ccc(C)s1)C[C@@H](O)COC(C)(C)C. The molecule has 21 heavy (non-hydrogen) atoms. The Morgan fingerprint density at radius 3 is 2.57 bits per heavy atom. The van der Waals surface area contributed by atoms with Gasteiger partial charge in [0.25, 0.3) is 0 Å². The number of ether oxygens (including phenoxy) is 2. The van der Waals surface area contributed by atoms with Crippen molar-refractivity contribution in [3.8, 4) is 0 Å². The predicted octanol–water partition coefficient (Wildman–Crippen LogP) is 2.68. The van der Waals surface area contributed by atoms with Gasteiger partial charge in [0.15, 0.2) is 0 Å². The zero-order valence-corrected chi connectivity index (χ0v) is 14.7. The summed E-state index contributed by atoms with van der Waals surface area (Å²) in [5.74, 6) is 0. The molecule has 0 saturated heterocycles. The lowest BCUT2D eigenvalue weighted by Gasteiger charge is -2.27. The molecule has 0 aliphatic heterocycles. The van der Waals surface area contributed by atoms with Gasteiger partial charge in [-0.25, -0.2) is 0 Å². The molecule has 0 fully saturated rings. The molecule has 0 bridgehead atoms. The molecule has 0 spiro atoms. The van der Waals surface area contributed by atoms with Crippen molar-refractivity contribution in [2.24, 2.45) is 0 Å². The molecule has 0 saturated carbocycles. The highest BCUT2D eigenvalue weighted by Gasteiger charge is 2.17. The van der Waals surface area contributed by atoms with Gasteiger partial charge < -0.3 is 14.6 Å². The molecule has 1 aromatic rings. The van der Waals surface area contributed by atoms with Gasteiger partial charge in [-0.1, -0.05) is 0 Å². The van der Waals surface area contributed by atoms with Gasteiger partial charge in [-0.05, 0) is 39.8 Å². The van der Waals surface area contributed by atoms with Gasteiger partial charge in [-0.15, -0.1) is 11.3 Å². The van der Waals surface area contributed by atoms with Crippen molar-refractivity contribution in [2.45, 2.75) is 45.9 Å². The predicted molar refractivity (Wildman–Crippen MR) is 87.9 cm³/mol. The third kappa shape index (κ3) is 8.53. The molecule has 0 amide bonds. The second-order valence-electron chi connectivity index (χ2n) is 6.32. The van der Waals surface area contributed by atoms with Crippen LogP contribution in [0.5, 0.6) is 0 Å². The summed E-state index contributed by atoms with van der Waals surface area (Å²) in [6, 6.07) is 4.28. The Labute approximate surface area is 132 Å². The molecule has 1 atom stereocenters. The van der Waals surface area contributed by atoms with Crippen molar-refractivity contribution in [1.82, 2.24) is 4.90 Å². The fourth-order valence-corrected chi connectivity index (χ4v) is 2.88. The van der Waals surface area contributed by atoms with Gasteiger partial charge in [0.1, 0.15) is 0 Å². The summed E-state index contributed by atoms with van der Waals surface area (Å²) in [6.07, 6.45) is -0.484. The van der Waals surface area contributed by atoms with Crippen molar-refractivity contribution < 1.29 is 14.6 Å². The maximum Gasteiger partial charge on any atom is 0.0900 e. The summed E-state index contributed by atoms with van der Waals surface area (Å²) in [5.41, 5.74) is -0.219. The molecule has 0 aromatic carbocycles. The first kappa shape index (κ1) is 18.6. The molecule has 4 nitrogen and oxygen atoms in total. The van der Waals surface area contributed by atoms with Crippen LogP contribution in [0.1, 0.15) is 30.5 Å². The van der Waals surface area contributed by atoms with E-state index in [0.29, 0.717) is 19.8 Å². The molecule has 0 unspecified atom stereocenters. The second kappa shape index (κ2) is 8.86. The number of aryl methyl sites for hydroxylation is 1. The van der Waals surface area contributed by atoms with Crippen molar-refractivity contribution in [2.75, 3.05) is 33.4 Å². The van der Waals surface area contributed by atoms with E-state index >= 15 is 0 Å². The van der Waals surface area contributed by atoms with Gasteiger partial charge in [0.05, 0.1) is 24.9 Å². The summed E-state index contributed by atoms with van der Waals surface area (Å²) in [4.78, 5) is 4.84. The molecule has 5 heteroatoms. The van der Waals surface area contributed by atoms with Crippen molar-refractivity contribution in [3.63, 3.8) is 0 Å². The third-order valence-electron chi connectivity index (χ3n) is 2.96. The largest absolute Gasteiger partial charge is 0.389 e.